The van der Waals surface area contributed by atoms with Gasteiger partial charge in [-0.25, -0.2) is 0 Å². The molecule has 2 atom stereocenters. The zero-order valence-electron chi connectivity index (χ0n) is 12.4. The van der Waals surface area contributed by atoms with Crippen molar-refractivity contribution in [1.82, 2.24) is 0 Å². The lowest BCUT2D eigenvalue weighted by atomic mass is 9.91. The van der Waals surface area contributed by atoms with Crippen LogP contribution < -0.4 is 0 Å². The van der Waals surface area contributed by atoms with E-state index >= 15 is 0 Å². The molecule has 0 aliphatic heterocycles. The Bertz CT molecular complexity index is 174. The molecule has 104 valence electrons. The van der Waals surface area contributed by atoms with E-state index in [1.165, 1.54) is 6.42 Å². The summed E-state index contributed by atoms with van der Waals surface area (Å²) in [5.74, 6) is 0.487. The van der Waals surface area contributed by atoms with Gasteiger partial charge in [0.2, 0.25) is 0 Å². The van der Waals surface area contributed by atoms with E-state index < -0.39 is 0 Å². The van der Waals surface area contributed by atoms with Crippen LogP contribution in [0.2, 0.25) is 0 Å². The van der Waals surface area contributed by atoms with Crippen molar-refractivity contribution in [3.05, 3.63) is 0 Å². The molecule has 0 amide bonds. The van der Waals surface area contributed by atoms with Crippen LogP contribution in [0, 0.1) is 11.3 Å². The van der Waals surface area contributed by atoms with E-state index in [-0.39, 0.29) is 6.67 Å². The molecule has 0 radical (unpaired) electrons. The molecule has 1 nitrogen and oxygen atoms in total. The first-order valence-corrected chi connectivity index (χ1v) is 7.02. The van der Waals surface area contributed by atoms with Crippen LogP contribution in [0.1, 0.15) is 66.7 Å². The fourth-order valence-electron chi connectivity index (χ4n) is 1.82. The lowest BCUT2D eigenvalue weighted by molar-refractivity contribution is 0.0493. The second-order valence-electron chi connectivity index (χ2n) is 6.51. The summed E-state index contributed by atoms with van der Waals surface area (Å²) in [6.07, 6.45) is 5.47. The predicted molar refractivity (Wildman–Crippen MR) is 73.1 cm³/mol. The Hall–Kier alpha value is -0.110. The second-order valence-corrected chi connectivity index (χ2v) is 6.51. The molecule has 0 aromatic heterocycles. The van der Waals surface area contributed by atoms with Crippen molar-refractivity contribution >= 4 is 0 Å². The van der Waals surface area contributed by atoms with Gasteiger partial charge in [0.05, 0.1) is 12.8 Å². The summed E-state index contributed by atoms with van der Waals surface area (Å²) in [4.78, 5) is 0. The summed E-state index contributed by atoms with van der Waals surface area (Å²) < 4.78 is 17.9. The highest BCUT2D eigenvalue weighted by molar-refractivity contribution is 4.61. The third-order valence-corrected chi connectivity index (χ3v) is 3.14. The standard InChI is InChI=1S/C15H31FO/c1-13(9-11-16)7-8-14(2)17-12-6-10-15(3,4)5/h13-14H,6-12H2,1-5H3. The molecule has 2 heteroatoms. The van der Waals surface area contributed by atoms with Crippen molar-refractivity contribution in [2.75, 3.05) is 13.3 Å². The number of hydrogen-bond donors (Lipinski definition) is 0. The molecule has 2 unspecified atom stereocenters. The Balaban J connectivity index is 3.43. The van der Waals surface area contributed by atoms with Crippen LogP contribution in [0.3, 0.4) is 0 Å². The quantitative estimate of drug-likeness (QED) is 0.521. The average molecular weight is 246 g/mol. The Kier molecular flexibility index (Phi) is 8.85. The molecule has 0 N–H and O–H groups in total. The first kappa shape index (κ1) is 16.9. The molecule has 0 aromatic carbocycles. The van der Waals surface area contributed by atoms with Gasteiger partial charge in [-0.2, -0.15) is 0 Å². The van der Waals surface area contributed by atoms with Gasteiger partial charge in [-0.15, -0.1) is 0 Å². The Morgan fingerprint density at radius 1 is 1.06 bits per heavy atom. The van der Waals surface area contributed by atoms with Crippen LogP contribution in [-0.4, -0.2) is 19.4 Å². The maximum absolute atomic E-state index is 12.1. The van der Waals surface area contributed by atoms with Gasteiger partial charge in [0.15, 0.2) is 0 Å². The summed E-state index contributed by atoms with van der Waals surface area (Å²) in [5, 5.41) is 0. The van der Waals surface area contributed by atoms with E-state index in [9.17, 15) is 4.39 Å². The minimum absolute atomic E-state index is 0.192. The van der Waals surface area contributed by atoms with Crippen LogP contribution >= 0.6 is 0 Å². The monoisotopic (exact) mass is 246 g/mol. The van der Waals surface area contributed by atoms with Crippen LogP contribution in [0.5, 0.6) is 0 Å². The van der Waals surface area contributed by atoms with Gasteiger partial charge < -0.3 is 4.74 Å². The lowest BCUT2D eigenvalue weighted by Gasteiger charge is -2.19. The SMILES string of the molecule is CC(CCF)CCC(C)OCCCC(C)(C)C. The highest BCUT2D eigenvalue weighted by atomic mass is 19.1. The van der Waals surface area contributed by atoms with Crippen molar-refractivity contribution < 1.29 is 9.13 Å². The van der Waals surface area contributed by atoms with E-state index in [0.717, 1.165) is 25.9 Å². The highest BCUT2D eigenvalue weighted by Gasteiger charge is 2.10. The maximum Gasteiger partial charge on any atom is 0.0897 e. The molecule has 0 spiro atoms. The van der Waals surface area contributed by atoms with Gasteiger partial charge in [-0.05, 0) is 50.4 Å². The highest BCUT2D eigenvalue weighted by Crippen LogP contribution is 2.20. The van der Waals surface area contributed by atoms with Crippen LogP contribution in [0.25, 0.3) is 0 Å². The molecule has 0 aliphatic carbocycles. The Morgan fingerprint density at radius 3 is 2.24 bits per heavy atom. The molecule has 0 aliphatic rings. The number of alkyl halides is 1. The largest absolute Gasteiger partial charge is 0.379 e. The Morgan fingerprint density at radius 2 is 1.71 bits per heavy atom. The molecule has 17 heavy (non-hydrogen) atoms. The summed E-state index contributed by atoms with van der Waals surface area (Å²) >= 11 is 0. The molecule has 0 saturated heterocycles. The maximum atomic E-state index is 12.1. The third-order valence-electron chi connectivity index (χ3n) is 3.14. The molecular formula is C15H31FO. The fraction of sp³-hybridized carbons (Fsp3) is 1.00. The van der Waals surface area contributed by atoms with Gasteiger partial charge >= 0.3 is 0 Å². The smallest absolute Gasteiger partial charge is 0.0897 e. The van der Waals surface area contributed by atoms with E-state index in [0.29, 0.717) is 23.9 Å². The zero-order chi connectivity index (χ0) is 13.3. The summed E-state index contributed by atoms with van der Waals surface area (Å²) in [6, 6.07) is 0. The topological polar surface area (TPSA) is 9.23 Å². The fourth-order valence-corrected chi connectivity index (χ4v) is 1.82. The van der Waals surface area contributed by atoms with Gasteiger partial charge in [-0.1, -0.05) is 27.7 Å². The van der Waals surface area contributed by atoms with Crippen LogP contribution in [-0.2, 0) is 4.74 Å². The van der Waals surface area contributed by atoms with E-state index in [2.05, 4.69) is 34.6 Å². The summed E-state index contributed by atoms with van der Waals surface area (Å²) in [5.41, 5.74) is 0.405. The van der Waals surface area contributed by atoms with Gasteiger partial charge in [-0.3, -0.25) is 4.39 Å². The van der Waals surface area contributed by atoms with Gasteiger partial charge in [0, 0.05) is 6.61 Å². The van der Waals surface area contributed by atoms with Crippen LogP contribution in [0.15, 0.2) is 0 Å². The molecule has 0 aromatic rings. The number of rotatable bonds is 9. The molecule has 0 rings (SSSR count). The Labute approximate surface area is 107 Å². The van der Waals surface area contributed by atoms with Crippen molar-refractivity contribution in [3.63, 3.8) is 0 Å². The van der Waals surface area contributed by atoms with Crippen molar-refractivity contribution in [3.8, 4) is 0 Å². The van der Waals surface area contributed by atoms with Crippen LogP contribution in [0.4, 0.5) is 4.39 Å². The molecular weight excluding hydrogens is 215 g/mol. The molecule has 0 bridgehead atoms. The van der Waals surface area contributed by atoms with Gasteiger partial charge in [0.25, 0.3) is 0 Å². The number of ether oxygens (including phenoxy) is 1. The first-order valence-electron chi connectivity index (χ1n) is 7.02. The lowest BCUT2D eigenvalue weighted by Crippen LogP contribution is -2.13. The first-order chi connectivity index (χ1) is 7.85. The van der Waals surface area contributed by atoms with Crippen molar-refractivity contribution in [2.45, 2.75) is 72.8 Å². The normalized spacial score (nSPS) is 15.9. The predicted octanol–water partition coefficient (Wildman–Crippen LogP) is 4.99. The number of hydrogen-bond acceptors (Lipinski definition) is 1. The van der Waals surface area contributed by atoms with Crippen molar-refractivity contribution in [1.29, 1.82) is 0 Å². The minimum atomic E-state index is -0.192. The number of halogens is 1. The van der Waals surface area contributed by atoms with Gasteiger partial charge in [0.1, 0.15) is 0 Å². The molecule has 0 heterocycles. The average Bonchev–Trinajstić information content (AvgIpc) is 2.21. The summed E-state index contributed by atoms with van der Waals surface area (Å²) in [7, 11) is 0. The van der Waals surface area contributed by atoms with E-state index in [4.69, 9.17) is 4.74 Å². The minimum Gasteiger partial charge on any atom is -0.379 e. The molecule has 0 fully saturated rings. The third kappa shape index (κ3) is 12.1. The summed E-state index contributed by atoms with van der Waals surface area (Å²) in [6.45, 7) is 11.7. The molecule has 0 saturated carbocycles. The van der Waals surface area contributed by atoms with Crippen molar-refractivity contribution in [2.24, 2.45) is 11.3 Å². The van der Waals surface area contributed by atoms with E-state index in [1.807, 2.05) is 0 Å². The zero-order valence-corrected chi connectivity index (χ0v) is 12.4. The second kappa shape index (κ2) is 8.91. The van der Waals surface area contributed by atoms with E-state index in [1.54, 1.807) is 0 Å².